The van der Waals surface area contributed by atoms with E-state index >= 15 is 0 Å². The molecule has 0 aliphatic carbocycles. The number of nitrogens with two attached hydrogens (primary N) is 1. The number of halogens is 2. The molecule has 1 aliphatic heterocycles. The number of ether oxygens (including phenoxy) is 1. The first kappa shape index (κ1) is 17.8. The summed E-state index contributed by atoms with van der Waals surface area (Å²) in [6, 6.07) is 13.8. The summed E-state index contributed by atoms with van der Waals surface area (Å²) in [4.78, 5) is 18.8. The van der Waals surface area contributed by atoms with Gasteiger partial charge in [0.05, 0.1) is 0 Å². The summed E-state index contributed by atoms with van der Waals surface area (Å²) in [5.41, 5.74) is 6.35. The van der Waals surface area contributed by atoms with Crippen molar-refractivity contribution in [2.45, 2.75) is 25.5 Å². The standard InChI is InChI=1S/C19H19F2N3O2/c1-3-12-11-14(9-10-15(12)26-17(20)21)19(13-7-5-4-6-8-13)16(25)24(2)18(22)23-19/h4-11,17H,3H2,1-2H3,(H2,22,23)/t19-/m1/s1. The number of guanidine groups is 1. The van der Waals surface area contributed by atoms with Crippen LogP contribution in [0.15, 0.2) is 53.5 Å². The fourth-order valence-corrected chi connectivity index (χ4v) is 3.16. The Hall–Kier alpha value is -2.96. The average molecular weight is 359 g/mol. The van der Waals surface area contributed by atoms with Gasteiger partial charge in [0.1, 0.15) is 5.75 Å². The number of carbonyl (C=O) groups excluding carboxylic acids is 1. The van der Waals surface area contributed by atoms with Crippen molar-refractivity contribution in [3.8, 4) is 5.75 Å². The van der Waals surface area contributed by atoms with E-state index < -0.39 is 12.2 Å². The van der Waals surface area contributed by atoms with Crippen LogP contribution >= 0.6 is 0 Å². The molecule has 2 aromatic rings. The molecule has 1 amide bonds. The Morgan fingerprint density at radius 1 is 1.19 bits per heavy atom. The molecule has 1 atom stereocenters. The van der Waals surface area contributed by atoms with Crippen molar-refractivity contribution in [3.05, 3.63) is 65.2 Å². The van der Waals surface area contributed by atoms with Crippen LogP contribution in [0.4, 0.5) is 8.78 Å². The molecule has 136 valence electrons. The molecule has 0 aromatic heterocycles. The Balaban J connectivity index is 2.20. The Kier molecular flexibility index (Phi) is 4.63. The number of hydrogen-bond acceptors (Lipinski definition) is 4. The van der Waals surface area contributed by atoms with Gasteiger partial charge in [-0.3, -0.25) is 9.69 Å². The second-order valence-corrected chi connectivity index (χ2v) is 5.97. The lowest BCUT2D eigenvalue weighted by Gasteiger charge is -2.27. The third-order valence-electron chi connectivity index (χ3n) is 4.51. The summed E-state index contributed by atoms with van der Waals surface area (Å²) in [5, 5.41) is 0. The molecule has 2 aromatic carbocycles. The zero-order valence-corrected chi connectivity index (χ0v) is 14.4. The van der Waals surface area contributed by atoms with Gasteiger partial charge in [-0.15, -0.1) is 0 Å². The molecule has 0 unspecified atom stereocenters. The minimum absolute atomic E-state index is 0.0882. The number of alkyl halides is 2. The normalized spacial score (nSPS) is 19.8. The lowest BCUT2D eigenvalue weighted by Crippen LogP contribution is -2.41. The fraction of sp³-hybridized carbons (Fsp3) is 0.263. The van der Waals surface area contributed by atoms with Crippen LogP contribution in [0.3, 0.4) is 0 Å². The van der Waals surface area contributed by atoms with Gasteiger partial charge in [0.2, 0.25) is 0 Å². The predicted molar refractivity (Wildman–Crippen MR) is 94.1 cm³/mol. The molecular weight excluding hydrogens is 340 g/mol. The minimum Gasteiger partial charge on any atom is -0.435 e. The summed E-state index contributed by atoms with van der Waals surface area (Å²) in [6.07, 6.45) is 0.462. The van der Waals surface area contributed by atoms with Crippen LogP contribution < -0.4 is 10.5 Å². The molecule has 0 bridgehead atoms. The fourth-order valence-electron chi connectivity index (χ4n) is 3.16. The minimum atomic E-state index is -2.91. The van der Waals surface area contributed by atoms with Gasteiger partial charge < -0.3 is 10.5 Å². The maximum absolute atomic E-state index is 13.1. The van der Waals surface area contributed by atoms with Gasteiger partial charge in [0.15, 0.2) is 11.5 Å². The first-order chi connectivity index (χ1) is 12.4. The Bertz CT molecular complexity index is 855. The number of benzene rings is 2. The van der Waals surface area contributed by atoms with Gasteiger partial charge in [0.25, 0.3) is 5.91 Å². The summed E-state index contributed by atoms with van der Waals surface area (Å²) in [7, 11) is 1.56. The molecule has 0 spiro atoms. The van der Waals surface area contributed by atoms with Crippen LogP contribution in [0, 0.1) is 0 Å². The van der Waals surface area contributed by atoms with Crippen LogP contribution in [0.2, 0.25) is 0 Å². The van der Waals surface area contributed by atoms with E-state index in [1.807, 2.05) is 25.1 Å². The van der Waals surface area contributed by atoms with E-state index in [2.05, 4.69) is 9.73 Å². The number of nitrogens with zero attached hydrogens (tertiary/aromatic N) is 2. The Morgan fingerprint density at radius 3 is 2.42 bits per heavy atom. The summed E-state index contributed by atoms with van der Waals surface area (Å²) in [6.45, 7) is -1.09. The number of likely N-dealkylation sites (N-methyl/N-ethyl adjacent to an activating group) is 1. The topological polar surface area (TPSA) is 67.9 Å². The molecule has 5 nitrogen and oxygen atoms in total. The molecule has 0 fully saturated rings. The van der Waals surface area contributed by atoms with E-state index in [9.17, 15) is 13.6 Å². The van der Waals surface area contributed by atoms with E-state index in [1.165, 1.54) is 11.0 Å². The lowest BCUT2D eigenvalue weighted by molar-refractivity contribution is -0.129. The van der Waals surface area contributed by atoms with Crippen molar-refractivity contribution in [1.29, 1.82) is 0 Å². The zero-order chi connectivity index (χ0) is 18.9. The monoisotopic (exact) mass is 359 g/mol. The Morgan fingerprint density at radius 2 is 1.88 bits per heavy atom. The number of aliphatic imine (C=N–C) groups is 1. The van der Waals surface area contributed by atoms with Crippen molar-refractivity contribution in [3.63, 3.8) is 0 Å². The lowest BCUT2D eigenvalue weighted by atomic mass is 9.82. The summed E-state index contributed by atoms with van der Waals surface area (Å²) in [5.74, 6) is -0.110. The van der Waals surface area contributed by atoms with Crippen LogP contribution in [0.25, 0.3) is 0 Å². The smallest absolute Gasteiger partial charge is 0.387 e. The summed E-state index contributed by atoms with van der Waals surface area (Å²) >= 11 is 0. The molecule has 2 N–H and O–H groups in total. The van der Waals surface area contributed by atoms with Crippen LogP contribution in [0.5, 0.6) is 5.75 Å². The highest BCUT2D eigenvalue weighted by Crippen LogP contribution is 2.40. The van der Waals surface area contributed by atoms with E-state index in [0.29, 0.717) is 23.1 Å². The van der Waals surface area contributed by atoms with Gasteiger partial charge in [-0.1, -0.05) is 43.3 Å². The molecule has 0 radical (unpaired) electrons. The van der Waals surface area contributed by atoms with Gasteiger partial charge in [0, 0.05) is 7.05 Å². The third kappa shape index (κ3) is 2.79. The second kappa shape index (κ2) is 6.74. The number of rotatable bonds is 5. The molecule has 0 saturated heterocycles. The van der Waals surface area contributed by atoms with Crippen molar-refractivity contribution in [2.75, 3.05) is 7.05 Å². The molecule has 26 heavy (non-hydrogen) atoms. The molecule has 1 aliphatic rings. The highest BCUT2D eigenvalue weighted by atomic mass is 19.3. The third-order valence-corrected chi connectivity index (χ3v) is 4.51. The molecule has 1 heterocycles. The van der Waals surface area contributed by atoms with Crippen LogP contribution in [0.1, 0.15) is 23.6 Å². The second-order valence-electron chi connectivity index (χ2n) is 5.97. The zero-order valence-electron chi connectivity index (χ0n) is 14.4. The maximum Gasteiger partial charge on any atom is 0.387 e. The largest absolute Gasteiger partial charge is 0.435 e. The maximum atomic E-state index is 13.1. The Labute approximate surface area is 150 Å². The van der Waals surface area contributed by atoms with Crippen molar-refractivity contribution < 1.29 is 18.3 Å². The number of aryl methyl sites for hydroxylation is 1. The predicted octanol–water partition coefficient (Wildman–Crippen LogP) is 2.88. The van der Waals surface area contributed by atoms with Gasteiger partial charge >= 0.3 is 6.61 Å². The van der Waals surface area contributed by atoms with E-state index in [4.69, 9.17) is 5.73 Å². The number of carbonyl (C=O) groups is 1. The van der Waals surface area contributed by atoms with Gasteiger partial charge in [-0.2, -0.15) is 8.78 Å². The summed E-state index contributed by atoms with van der Waals surface area (Å²) < 4.78 is 29.8. The number of amides is 1. The van der Waals surface area contributed by atoms with Crippen molar-refractivity contribution in [1.82, 2.24) is 4.90 Å². The highest BCUT2D eigenvalue weighted by molar-refractivity contribution is 6.08. The highest BCUT2D eigenvalue weighted by Gasteiger charge is 2.49. The van der Waals surface area contributed by atoms with E-state index in [1.54, 1.807) is 31.3 Å². The van der Waals surface area contributed by atoms with Crippen LogP contribution in [-0.4, -0.2) is 30.4 Å². The quantitative estimate of drug-likeness (QED) is 0.893. The molecular formula is C19H19F2N3O2. The van der Waals surface area contributed by atoms with Crippen molar-refractivity contribution in [2.24, 2.45) is 10.7 Å². The molecule has 0 saturated carbocycles. The van der Waals surface area contributed by atoms with Crippen LogP contribution in [-0.2, 0) is 16.8 Å². The average Bonchev–Trinajstić information content (AvgIpc) is 2.87. The van der Waals surface area contributed by atoms with E-state index in [0.717, 1.165) is 0 Å². The van der Waals surface area contributed by atoms with Gasteiger partial charge in [-0.25, -0.2) is 4.99 Å². The van der Waals surface area contributed by atoms with Gasteiger partial charge in [-0.05, 0) is 35.2 Å². The first-order valence-corrected chi connectivity index (χ1v) is 8.17. The first-order valence-electron chi connectivity index (χ1n) is 8.17. The molecule has 7 heteroatoms. The molecule has 3 rings (SSSR count). The van der Waals surface area contributed by atoms with E-state index in [-0.39, 0.29) is 17.6 Å². The van der Waals surface area contributed by atoms with Crippen molar-refractivity contribution >= 4 is 11.9 Å². The SMILES string of the molecule is CCc1cc([C@@]2(c3ccccc3)N=C(N)N(C)C2=O)ccc1OC(F)F. The number of hydrogen-bond donors (Lipinski definition) is 1.